The molecule has 0 aliphatic carbocycles. The van der Waals surface area contributed by atoms with E-state index in [0.29, 0.717) is 0 Å². The summed E-state index contributed by atoms with van der Waals surface area (Å²) in [5.41, 5.74) is 0. The van der Waals surface area contributed by atoms with Gasteiger partial charge >= 0.3 is 41.8 Å². The fourth-order valence-electron chi connectivity index (χ4n) is 0. The molecule has 0 spiro atoms. The van der Waals surface area contributed by atoms with Crippen molar-refractivity contribution in [1.29, 1.82) is 0 Å². The van der Waals surface area contributed by atoms with Crippen molar-refractivity contribution in [3.05, 3.63) is 0 Å². The van der Waals surface area contributed by atoms with Crippen LogP contribution in [0, 0.1) is 0 Å². The minimum Gasteiger partial charge on any atom is -0.479 e. The van der Waals surface area contributed by atoms with E-state index >= 15 is 0 Å². The zero-order valence-corrected chi connectivity index (χ0v) is 23.7. The molecule has 0 heterocycles. The van der Waals surface area contributed by atoms with Gasteiger partial charge < -0.3 is 71.5 Å². The molecule has 0 radical (unpaired) electrons. The summed E-state index contributed by atoms with van der Waals surface area (Å²) in [6.45, 7) is 8.38. The third-order valence-corrected chi connectivity index (χ3v) is 2.50. The van der Waals surface area contributed by atoms with Gasteiger partial charge in [0.2, 0.25) is 0 Å². The Balaban J connectivity index is -0.0000000681. The summed E-state index contributed by atoms with van der Waals surface area (Å²) >= 11 is 0. The minimum absolute atomic E-state index is 1.19. The first-order chi connectivity index (χ1) is 18.5. The van der Waals surface area contributed by atoms with Crippen molar-refractivity contribution in [3.63, 3.8) is 0 Å². The van der Waals surface area contributed by atoms with E-state index in [-0.39, 0.29) is 0 Å². The van der Waals surface area contributed by atoms with Gasteiger partial charge in [0.15, 0.2) is 0 Å². The Kier molecular flexibility index (Phi) is 42.8. The maximum absolute atomic E-state index is 9.45. The van der Waals surface area contributed by atoms with Gasteiger partial charge in [-0.2, -0.15) is 0 Å². The van der Waals surface area contributed by atoms with Crippen molar-refractivity contribution in [1.82, 2.24) is 0 Å². The predicted octanol–water partition coefficient (Wildman–Crippen LogP) is -3.84. The number of rotatable bonds is 7. The Labute approximate surface area is 238 Å². The normalized spacial score (nSPS) is 13.7. The second kappa shape index (κ2) is 33.2. The van der Waals surface area contributed by atoms with Crippen LogP contribution in [0.3, 0.4) is 0 Å². The Bertz CT molecular complexity index is 576. The summed E-state index contributed by atoms with van der Waals surface area (Å²) in [5.74, 6) is -8.30. The van der Waals surface area contributed by atoms with Crippen molar-refractivity contribution < 1.29 is 105 Å². The van der Waals surface area contributed by atoms with Crippen molar-refractivity contribution in [2.24, 2.45) is 0 Å². The first-order valence-corrected chi connectivity index (χ1v) is 10.9. The SMILES string of the molecule is CC(O)C(=O)O.CC(O)C(=O)O.CC(O)C(=O)O.CC(O)C(=O)O.CC(O)C(=O)O.CC(O)C(=O)O.CC(O)C(=O)O. The zero-order chi connectivity index (χ0) is 36.1. The number of aliphatic hydroxyl groups excluding tert-OH is 7. The van der Waals surface area contributed by atoms with Crippen molar-refractivity contribution in [2.45, 2.75) is 91.2 Å². The highest BCUT2D eigenvalue weighted by atomic mass is 16.4. The van der Waals surface area contributed by atoms with Crippen LogP contribution in [0.4, 0.5) is 0 Å². The van der Waals surface area contributed by atoms with Gasteiger partial charge in [0.05, 0.1) is 0 Å². The first-order valence-electron chi connectivity index (χ1n) is 10.9. The molecule has 0 bridgehead atoms. The average molecular weight is 631 g/mol. The Morgan fingerprint density at radius 1 is 0.262 bits per heavy atom. The highest BCUT2D eigenvalue weighted by Gasteiger charge is 2.04. The summed E-state index contributed by atoms with van der Waals surface area (Å²) in [4.78, 5) is 66.1. The van der Waals surface area contributed by atoms with Crippen LogP contribution in [0.1, 0.15) is 48.5 Å². The molecule has 0 aliphatic heterocycles. The summed E-state index contributed by atoms with van der Waals surface area (Å²) in [7, 11) is 0. The molecule has 0 amide bonds. The maximum atomic E-state index is 9.45. The third kappa shape index (κ3) is 76.6. The Hall–Kier alpha value is -3.99. The number of carboxylic acid groups (broad SMARTS) is 7. The number of aliphatic carboxylic acids is 7. The first kappa shape index (κ1) is 54.1. The van der Waals surface area contributed by atoms with Gasteiger partial charge in [-0.3, -0.25) is 0 Å². The average Bonchev–Trinajstić information content (AvgIpc) is 2.80. The molecule has 42 heavy (non-hydrogen) atoms. The molecule has 14 N–H and O–H groups in total. The number of hydrogen-bond donors (Lipinski definition) is 14. The van der Waals surface area contributed by atoms with Gasteiger partial charge in [-0.05, 0) is 48.5 Å². The lowest BCUT2D eigenvalue weighted by Crippen LogP contribution is -2.13. The number of carboxylic acids is 7. The fourth-order valence-corrected chi connectivity index (χ4v) is 0. The lowest BCUT2D eigenvalue weighted by molar-refractivity contribution is -0.146. The molecule has 0 aromatic rings. The molecule has 0 saturated heterocycles. The fraction of sp³-hybridized carbons (Fsp3) is 0.667. The molecular weight excluding hydrogens is 588 g/mol. The second-order valence-electron chi connectivity index (χ2n) is 7.10. The molecule has 0 aromatic heterocycles. The Morgan fingerprint density at radius 3 is 0.286 bits per heavy atom. The molecular formula is C21H42O21. The van der Waals surface area contributed by atoms with Crippen LogP contribution in [0.25, 0.3) is 0 Å². The standard InChI is InChI=1S/7C3H6O3/c7*1-2(4)3(5)6/h7*2,4H,1H3,(H,5,6). The van der Waals surface area contributed by atoms with Gasteiger partial charge in [0.25, 0.3) is 0 Å². The van der Waals surface area contributed by atoms with Gasteiger partial charge in [-0.1, -0.05) is 0 Å². The molecule has 21 nitrogen and oxygen atoms in total. The minimum atomic E-state index is -1.23. The maximum Gasteiger partial charge on any atom is 0.332 e. The van der Waals surface area contributed by atoms with Gasteiger partial charge in [0, 0.05) is 0 Å². The van der Waals surface area contributed by atoms with Crippen LogP contribution in [-0.2, 0) is 33.6 Å². The summed E-state index contributed by atoms with van der Waals surface area (Å²) in [5, 5.41) is 110. The molecule has 21 heteroatoms. The smallest absolute Gasteiger partial charge is 0.332 e. The monoisotopic (exact) mass is 630 g/mol. The predicted molar refractivity (Wildman–Crippen MR) is 135 cm³/mol. The largest absolute Gasteiger partial charge is 0.479 e. The highest BCUT2D eigenvalue weighted by molar-refractivity contribution is 5.73. The molecule has 0 rings (SSSR count). The topological polar surface area (TPSA) is 403 Å². The van der Waals surface area contributed by atoms with Crippen molar-refractivity contribution >= 4 is 41.8 Å². The highest BCUT2D eigenvalue weighted by Crippen LogP contribution is 1.76. The quantitative estimate of drug-likeness (QED) is 0.128. The molecule has 252 valence electrons. The van der Waals surface area contributed by atoms with Crippen molar-refractivity contribution in [3.8, 4) is 0 Å². The lowest BCUT2D eigenvalue weighted by atomic mass is 10.4. The van der Waals surface area contributed by atoms with Crippen molar-refractivity contribution in [2.75, 3.05) is 0 Å². The van der Waals surface area contributed by atoms with E-state index in [2.05, 4.69) is 0 Å². The summed E-state index contributed by atoms with van der Waals surface area (Å²) in [6.07, 6.45) is -8.62. The van der Waals surface area contributed by atoms with E-state index in [9.17, 15) is 33.6 Å². The van der Waals surface area contributed by atoms with E-state index in [0.717, 1.165) is 0 Å². The zero-order valence-electron chi connectivity index (χ0n) is 23.7. The van der Waals surface area contributed by atoms with Crippen LogP contribution in [0.2, 0.25) is 0 Å². The molecule has 0 fully saturated rings. The number of carbonyl (C=O) groups is 7. The van der Waals surface area contributed by atoms with Gasteiger partial charge in [-0.25, -0.2) is 33.6 Å². The lowest BCUT2D eigenvalue weighted by Gasteiger charge is -1.89. The van der Waals surface area contributed by atoms with E-state index in [4.69, 9.17) is 71.5 Å². The van der Waals surface area contributed by atoms with Crippen LogP contribution in [0.5, 0.6) is 0 Å². The van der Waals surface area contributed by atoms with Gasteiger partial charge in [0.1, 0.15) is 42.7 Å². The van der Waals surface area contributed by atoms with E-state index in [1.807, 2.05) is 0 Å². The van der Waals surface area contributed by atoms with Crippen LogP contribution >= 0.6 is 0 Å². The molecule has 7 unspecified atom stereocenters. The van der Waals surface area contributed by atoms with Crippen LogP contribution in [0.15, 0.2) is 0 Å². The molecule has 0 aliphatic rings. The second-order valence-corrected chi connectivity index (χ2v) is 7.10. The van der Waals surface area contributed by atoms with E-state index in [1.54, 1.807) is 0 Å². The Morgan fingerprint density at radius 2 is 0.286 bits per heavy atom. The summed E-state index contributed by atoms with van der Waals surface area (Å²) < 4.78 is 0. The molecule has 7 atom stereocenters. The molecule has 0 saturated carbocycles. The summed E-state index contributed by atoms with van der Waals surface area (Å²) in [6, 6.07) is 0. The van der Waals surface area contributed by atoms with Gasteiger partial charge in [-0.15, -0.1) is 0 Å². The van der Waals surface area contributed by atoms with Crippen LogP contribution < -0.4 is 0 Å². The van der Waals surface area contributed by atoms with E-state index in [1.165, 1.54) is 48.5 Å². The van der Waals surface area contributed by atoms with E-state index < -0.39 is 84.5 Å². The molecule has 0 aromatic carbocycles. The number of hydrogen-bond acceptors (Lipinski definition) is 14. The third-order valence-electron chi connectivity index (χ3n) is 2.50. The number of aliphatic hydroxyl groups is 7. The van der Waals surface area contributed by atoms with Crippen LogP contribution in [-0.4, -0.2) is 156 Å².